The highest BCUT2D eigenvalue weighted by atomic mass is 16.5. The van der Waals surface area contributed by atoms with E-state index < -0.39 is 76.2 Å². The third-order valence-electron chi connectivity index (χ3n) is 9.08. The number of amides is 2. The zero-order valence-corrected chi connectivity index (χ0v) is 24.1. The maximum Gasteiger partial charge on any atom is 0.411 e. The van der Waals surface area contributed by atoms with Crippen molar-refractivity contribution in [2.75, 3.05) is 11.9 Å². The molecule has 5 N–H and O–H groups in total. The Balaban J connectivity index is 1.54. The van der Waals surface area contributed by atoms with Gasteiger partial charge in [0.05, 0.1) is 18.1 Å². The van der Waals surface area contributed by atoms with Crippen LogP contribution in [0, 0.1) is 35.5 Å². The van der Waals surface area contributed by atoms with Gasteiger partial charge in [0.15, 0.2) is 34.7 Å². The standard InChI is InChI=1S/C32H34N2O9/c1-4-11-43-31(41)34-17-7-5-15(6-8-17)18-9-10-21(35)24-19(18)12-16-13-20-22(14(2)3)26(36)25(30(33)40)29(39)32(20,42)28(38)23(16)27(24)37/h5-10,14,16,20,22-23,25,35,42H,4,11-13H2,1-3H3,(H2,33,40)(H,34,41)/t16-,20-,22-,23?,25?,32-/m0/s1. The molecule has 11 heteroatoms. The van der Waals surface area contributed by atoms with E-state index >= 15 is 0 Å². The molecule has 0 heterocycles. The van der Waals surface area contributed by atoms with Crippen LogP contribution in [0.2, 0.25) is 0 Å². The number of aliphatic hydroxyl groups is 1. The summed E-state index contributed by atoms with van der Waals surface area (Å²) in [5, 5.41) is 25.1. The van der Waals surface area contributed by atoms with Crippen molar-refractivity contribution in [2.24, 2.45) is 41.2 Å². The minimum atomic E-state index is -2.73. The number of ether oxygens (including phenoxy) is 1. The molecule has 6 atom stereocenters. The van der Waals surface area contributed by atoms with Crippen molar-refractivity contribution >= 4 is 40.8 Å². The number of Topliss-reactive ketones (excluding diaryl/α,β-unsaturated/α-hetero) is 4. The lowest BCUT2D eigenvalue weighted by Crippen LogP contribution is -2.71. The fourth-order valence-electron chi connectivity index (χ4n) is 7.21. The first-order valence-corrected chi connectivity index (χ1v) is 14.4. The fourth-order valence-corrected chi connectivity index (χ4v) is 7.21. The minimum Gasteiger partial charge on any atom is -0.507 e. The van der Waals surface area contributed by atoms with Gasteiger partial charge in [-0.25, -0.2) is 4.79 Å². The molecule has 0 saturated heterocycles. The molecule has 2 aromatic carbocycles. The molecule has 2 aromatic rings. The molecule has 2 amide bonds. The van der Waals surface area contributed by atoms with Crippen LogP contribution < -0.4 is 11.1 Å². The predicted molar refractivity (Wildman–Crippen MR) is 153 cm³/mol. The number of ketones is 4. The summed E-state index contributed by atoms with van der Waals surface area (Å²) >= 11 is 0. The smallest absolute Gasteiger partial charge is 0.411 e. The fraction of sp³-hybridized carbons (Fsp3) is 0.438. The average molecular weight is 591 g/mol. The molecule has 0 bridgehead atoms. The van der Waals surface area contributed by atoms with Crippen LogP contribution in [0.25, 0.3) is 11.1 Å². The second-order valence-corrected chi connectivity index (χ2v) is 12.0. The quantitative estimate of drug-likeness (QED) is 0.367. The summed E-state index contributed by atoms with van der Waals surface area (Å²) in [5.41, 5.74) is 4.86. The zero-order chi connectivity index (χ0) is 31.4. The lowest BCUT2D eigenvalue weighted by molar-refractivity contribution is -0.182. The van der Waals surface area contributed by atoms with Crippen LogP contribution >= 0.6 is 0 Å². The monoisotopic (exact) mass is 590 g/mol. The Morgan fingerprint density at radius 2 is 1.74 bits per heavy atom. The van der Waals surface area contributed by atoms with Gasteiger partial charge in [0.25, 0.3) is 0 Å². The molecule has 2 saturated carbocycles. The highest BCUT2D eigenvalue weighted by Crippen LogP contribution is 2.53. The Labute approximate surface area is 247 Å². The average Bonchev–Trinajstić information content (AvgIpc) is 2.94. The number of carbonyl (C=O) groups excluding carboxylic acids is 6. The van der Waals surface area contributed by atoms with E-state index in [0.717, 1.165) is 0 Å². The molecule has 2 unspecified atom stereocenters. The van der Waals surface area contributed by atoms with Crippen LogP contribution in [-0.2, 0) is 30.3 Å². The van der Waals surface area contributed by atoms with E-state index in [2.05, 4.69) is 5.32 Å². The maximum absolute atomic E-state index is 14.0. The lowest BCUT2D eigenvalue weighted by Gasteiger charge is -2.52. The van der Waals surface area contributed by atoms with Crippen LogP contribution in [0.1, 0.15) is 49.5 Å². The number of carbonyl (C=O) groups is 6. The van der Waals surface area contributed by atoms with E-state index in [-0.39, 0.29) is 30.8 Å². The van der Waals surface area contributed by atoms with Gasteiger partial charge in [0.1, 0.15) is 5.75 Å². The summed E-state index contributed by atoms with van der Waals surface area (Å²) in [7, 11) is 0. The highest BCUT2D eigenvalue weighted by molar-refractivity contribution is 6.32. The zero-order valence-electron chi connectivity index (χ0n) is 24.1. The van der Waals surface area contributed by atoms with Gasteiger partial charge in [0.2, 0.25) is 5.91 Å². The number of hydrogen-bond acceptors (Lipinski definition) is 9. The van der Waals surface area contributed by atoms with E-state index in [4.69, 9.17) is 10.5 Å². The van der Waals surface area contributed by atoms with Gasteiger partial charge < -0.3 is 20.7 Å². The van der Waals surface area contributed by atoms with Gasteiger partial charge >= 0.3 is 6.09 Å². The largest absolute Gasteiger partial charge is 0.507 e. The first kappa shape index (κ1) is 30.1. The van der Waals surface area contributed by atoms with Gasteiger partial charge in [-0.1, -0.05) is 39.0 Å². The number of nitrogens with two attached hydrogens (primary N) is 1. The van der Waals surface area contributed by atoms with E-state index in [1.54, 1.807) is 44.2 Å². The molecule has 11 nitrogen and oxygen atoms in total. The Hall–Kier alpha value is -4.38. The first-order chi connectivity index (χ1) is 20.3. The molecule has 43 heavy (non-hydrogen) atoms. The molecule has 3 aliphatic carbocycles. The van der Waals surface area contributed by atoms with Gasteiger partial charge in [-0.05, 0) is 66.0 Å². The Bertz CT molecular complexity index is 1550. The molecule has 226 valence electrons. The number of phenolic OH excluding ortho intramolecular Hbond substituents is 1. The second-order valence-electron chi connectivity index (χ2n) is 12.0. The summed E-state index contributed by atoms with van der Waals surface area (Å²) in [6, 6.07) is 9.81. The second kappa shape index (κ2) is 11.0. The molecule has 0 spiro atoms. The lowest BCUT2D eigenvalue weighted by atomic mass is 9.49. The predicted octanol–water partition coefficient (Wildman–Crippen LogP) is 2.83. The summed E-state index contributed by atoms with van der Waals surface area (Å²) in [6.07, 6.45) is 0.255. The van der Waals surface area contributed by atoms with Crippen molar-refractivity contribution in [3.63, 3.8) is 0 Å². The number of phenols is 1. The molecule has 3 aliphatic rings. The van der Waals surface area contributed by atoms with E-state index in [1.165, 1.54) is 6.07 Å². The number of aromatic hydroxyl groups is 1. The molecular formula is C32H34N2O9. The number of rotatable bonds is 6. The minimum absolute atomic E-state index is 0.00171. The summed E-state index contributed by atoms with van der Waals surface area (Å²) in [4.78, 5) is 78.7. The van der Waals surface area contributed by atoms with Gasteiger partial charge in [-0.15, -0.1) is 0 Å². The molecular weight excluding hydrogens is 556 g/mol. The van der Waals surface area contributed by atoms with Crippen molar-refractivity contribution in [1.82, 2.24) is 0 Å². The third kappa shape index (κ3) is 4.71. The molecule has 0 aliphatic heterocycles. The topological polar surface area (TPSA) is 190 Å². The van der Waals surface area contributed by atoms with Crippen LogP contribution in [0.4, 0.5) is 10.5 Å². The van der Waals surface area contributed by atoms with Crippen molar-refractivity contribution in [1.29, 1.82) is 0 Å². The van der Waals surface area contributed by atoms with Crippen LogP contribution in [0.5, 0.6) is 5.75 Å². The van der Waals surface area contributed by atoms with Crippen molar-refractivity contribution in [2.45, 2.75) is 45.6 Å². The third-order valence-corrected chi connectivity index (χ3v) is 9.08. The summed E-state index contributed by atoms with van der Waals surface area (Å²) < 4.78 is 5.04. The number of anilines is 1. The van der Waals surface area contributed by atoms with E-state index in [0.29, 0.717) is 28.8 Å². The normalized spacial score (nSPS) is 28.2. The Morgan fingerprint density at radius 3 is 2.35 bits per heavy atom. The van der Waals surface area contributed by atoms with Gasteiger partial charge in [0, 0.05) is 17.5 Å². The van der Waals surface area contributed by atoms with E-state index in [1.807, 2.05) is 6.92 Å². The van der Waals surface area contributed by atoms with Crippen LogP contribution in [0.15, 0.2) is 36.4 Å². The number of benzene rings is 2. The molecule has 5 rings (SSSR count). The Morgan fingerprint density at radius 1 is 1.07 bits per heavy atom. The molecule has 2 fully saturated rings. The summed E-state index contributed by atoms with van der Waals surface area (Å²) in [5.74, 6) is -12.1. The number of nitrogens with one attached hydrogen (secondary N) is 1. The van der Waals surface area contributed by atoms with Crippen molar-refractivity contribution in [3.8, 4) is 16.9 Å². The first-order valence-electron chi connectivity index (χ1n) is 14.4. The highest BCUT2D eigenvalue weighted by Gasteiger charge is 2.69. The Kier molecular flexibility index (Phi) is 7.72. The van der Waals surface area contributed by atoms with Gasteiger partial charge in [-0.2, -0.15) is 0 Å². The number of hydrogen-bond donors (Lipinski definition) is 4. The van der Waals surface area contributed by atoms with E-state index in [9.17, 15) is 39.0 Å². The van der Waals surface area contributed by atoms with Gasteiger partial charge in [-0.3, -0.25) is 29.3 Å². The van der Waals surface area contributed by atoms with Crippen molar-refractivity contribution < 1.29 is 43.7 Å². The summed E-state index contributed by atoms with van der Waals surface area (Å²) in [6.45, 7) is 5.57. The van der Waals surface area contributed by atoms with Crippen LogP contribution in [-0.4, -0.2) is 57.6 Å². The SMILES string of the molecule is CCCOC(=O)Nc1ccc(-c2ccc(O)c3c2C[C@H]2C[C@H]4[C@H](C(C)C)C(=O)C(C(N)=O)C(=O)[C@@]4(O)C(=O)C2C3=O)cc1. The number of primary amides is 1. The molecule has 0 radical (unpaired) electrons. The number of fused-ring (bicyclic) bond motifs is 3. The molecule has 0 aromatic heterocycles. The maximum atomic E-state index is 14.0. The van der Waals surface area contributed by atoms with Crippen LogP contribution in [0.3, 0.4) is 0 Å². The van der Waals surface area contributed by atoms with Crippen molar-refractivity contribution in [3.05, 3.63) is 47.5 Å².